The summed E-state index contributed by atoms with van der Waals surface area (Å²) >= 11 is 0. The van der Waals surface area contributed by atoms with Gasteiger partial charge < -0.3 is 9.64 Å². The zero-order valence-corrected chi connectivity index (χ0v) is 15.4. The van der Waals surface area contributed by atoms with Gasteiger partial charge in [-0.15, -0.1) is 0 Å². The van der Waals surface area contributed by atoms with Crippen LogP contribution in [0.1, 0.15) is 32.1 Å². The first-order valence-electron chi connectivity index (χ1n) is 9.94. The minimum Gasteiger partial charge on any atom is -0.493 e. The molecule has 1 amide bonds. The highest BCUT2D eigenvalue weighted by molar-refractivity contribution is 5.88. The van der Waals surface area contributed by atoms with Crippen LogP contribution in [0.2, 0.25) is 0 Å². The van der Waals surface area contributed by atoms with E-state index in [0.717, 1.165) is 43.6 Å². The summed E-state index contributed by atoms with van der Waals surface area (Å²) in [5.74, 6) is 1.20. The van der Waals surface area contributed by atoms with Crippen molar-refractivity contribution < 1.29 is 9.53 Å². The molecule has 2 aromatic carbocycles. The van der Waals surface area contributed by atoms with Crippen molar-refractivity contribution in [2.45, 2.75) is 38.1 Å². The number of hydrogen-bond acceptors (Lipinski definition) is 3. The summed E-state index contributed by atoms with van der Waals surface area (Å²) in [6.07, 6.45) is 4.98. The third-order valence-corrected chi connectivity index (χ3v) is 5.70. The number of rotatable bonds is 5. The van der Waals surface area contributed by atoms with E-state index in [2.05, 4.69) is 28.0 Å². The first-order chi connectivity index (χ1) is 12.8. The van der Waals surface area contributed by atoms with Crippen LogP contribution in [0.5, 0.6) is 5.75 Å². The summed E-state index contributed by atoms with van der Waals surface area (Å²) in [6, 6.07) is 15.0. The molecule has 0 N–H and O–H groups in total. The fourth-order valence-electron chi connectivity index (χ4n) is 4.32. The Hall–Kier alpha value is -2.07. The predicted molar refractivity (Wildman–Crippen MR) is 104 cm³/mol. The van der Waals surface area contributed by atoms with Gasteiger partial charge in [0.1, 0.15) is 5.75 Å². The molecule has 138 valence electrons. The van der Waals surface area contributed by atoms with Gasteiger partial charge in [-0.3, -0.25) is 9.69 Å². The lowest BCUT2D eigenvalue weighted by Crippen LogP contribution is -2.39. The molecule has 4 rings (SSSR count). The molecule has 1 atom stereocenters. The molecule has 26 heavy (non-hydrogen) atoms. The minimum absolute atomic E-state index is 0.292. The topological polar surface area (TPSA) is 32.8 Å². The second kappa shape index (κ2) is 8.09. The average molecular weight is 352 g/mol. The zero-order chi connectivity index (χ0) is 17.8. The van der Waals surface area contributed by atoms with Crippen LogP contribution >= 0.6 is 0 Å². The van der Waals surface area contributed by atoms with Crippen LogP contribution in [0.3, 0.4) is 0 Å². The fraction of sp³-hybridized carbons (Fsp3) is 0.500. The summed E-state index contributed by atoms with van der Waals surface area (Å²) < 4.78 is 5.97. The summed E-state index contributed by atoms with van der Waals surface area (Å²) in [6.45, 7) is 4.78. The molecule has 0 aliphatic carbocycles. The van der Waals surface area contributed by atoms with Crippen LogP contribution in [0.4, 0.5) is 0 Å². The van der Waals surface area contributed by atoms with E-state index in [1.54, 1.807) is 0 Å². The Morgan fingerprint density at radius 2 is 1.88 bits per heavy atom. The summed E-state index contributed by atoms with van der Waals surface area (Å²) in [5, 5.41) is 2.32. The fourth-order valence-corrected chi connectivity index (χ4v) is 4.32. The van der Waals surface area contributed by atoms with Crippen molar-refractivity contribution in [2.75, 3.05) is 32.8 Å². The molecule has 0 saturated carbocycles. The van der Waals surface area contributed by atoms with E-state index in [4.69, 9.17) is 4.74 Å². The first kappa shape index (κ1) is 17.3. The third-order valence-electron chi connectivity index (χ3n) is 5.70. The standard InChI is InChI=1S/C22H28N2O2/c25-22(24-15-6-14-23-13-4-9-19(23)17-24)12-5-16-26-21-11-3-8-18-7-1-2-10-20(18)21/h1-3,7-8,10-11,19H,4-6,9,12-17H2/t19-/m1/s1. The monoisotopic (exact) mass is 352 g/mol. The number of hydrogen-bond donors (Lipinski definition) is 0. The van der Waals surface area contributed by atoms with Crippen molar-refractivity contribution in [3.05, 3.63) is 42.5 Å². The maximum absolute atomic E-state index is 12.6. The zero-order valence-electron chi connectivity index (χ0n) is 15.4. The lowest BCUT2D eigenvalue weighted by atomic mass is 10.1. The largest absolute Gasteiger partial charge is 0.493 e. The molecule has 2 aliphatic heterocycles. The van der Waals surface area contributed by atoms with Gasteiger partial charge in [-0.05, 0) is 43.7 Å². The second-order valence-corrected chi connectivity index (χ2v) is 7.45. The number of nitrogens with zero attached hydrogens (tertiary/aromatic N) is 2. The Morgan fingerprint density at radius 1 is 1.04 bits per heavy atom. The van der Waals surface area contributed by atoms with Crippen molar-refractivity contribution >= 4 is 16.7 Å². The van der Waals surface area contributed by atoms with Crippen LogP contribution in [0, 0.1) is 0 Å². The smallest absolute Gasteiger partial charge is 0.222 e. The van der Waals surface area contributed by atoms with Gasteiger partial charge in [0, 0.05) is 37.5 Å². The summed E-state index contributed by atoms with van der Waals surface area (Å²) in [7, 11) is 0. The molecule has 2 saturated heterocycles. The Kier molecular flexibility index (Phi) is 5.40. The molecular weight excluding hydrogens is 324 g/mol. The number of carbonyl (C=O) groups excluding carboxylic acids is 1. The van der Waals surface area contributed by atoms with E-state index in [1.807, 2.05) is 24.3 Å². The minimum atomic E-state index is 0.292. The van der Waals surface area contributed by atoms with Gasteiger partial charge in [-0.25, -0.2) is 0 Å². The van der Waals surface area contributed by atoms with Crippen LogP contribution in [0.15, 0.2) is 42.5 Å². The summed E-state index contributed by atoms with van der Waals surface area (Å²) in [4.78, 5) is 17.3. The molecule has 0 bridgehead atoms. The van der Waals surface area contributed by atoms with Crippen LogP contribution in [0.25, 0.3) is 10.8 Å². The lowest BCUT2D eigenvalue weighted by Gasteiger charge is -2.25. The molecule has 2 heterocycles. The maximum Gasteiger partial charge on any atom is 0.222 e. The Balaban J connectivity index is 1.27. The Morgan fingerprint density at radius 3 is 2.85 bits per heavy atom. The first-order valence-corrected chi connectivity index (χ1v) is 9.94. The summed E-state index contributed by atoms with van der Waals surface area (Å²) in [5.41, 5.74) is 0. The molecular formula is C22H28N2O2. The molecule has 2 fully saturated rings. The third kappa shape index (κ3) is 3.85. The van der Waals surface area contributed by atoms with E-state index < -0.39 is 0 Å². The van der Waals surface area contributed by atoms with E-state index >= 15 is 0 Å². The number of fused-ring (bicyclic) bond motifs is 2. The lowest BCUT2D eigenvalue weighted by molar-refractivity contribution is -0.131. The van der Waals surface area contributed by atoms with E-state index in [9.17, 15) is 4.79 Å². The predicted octanol–water partition coefficient (Wildman–Crippen LogP) is 3.70. The molecule has 2 aromatic rings. The Labute approximate surface area is 155 Å². The quantitative estimate of drug-likeness (QED) is 0.769. The molecule has 0 radical (unpaired) electrons. The number of amides is 1. The number of ether oxygens (including phenoxy) is 1. The van der Waals surface area contributed by atoms with Crippen molar-refractivity contribution in [1.29, 1.82) is 0 Å². The maximum atomic E-state index is 12.6. The number of carbonyl (C=O) groups is 1. The van der Waals surface area contributed by atoms with Gasteiger partial charge >= 0.3 is 0 Å². The molecule has 4 nitrogen and oxygen atoms in total. The van der Waals surface area contributed by atoms with E-state index in [1.165, 1.54) is 24.8 Å². The van der Waals surface area contributed by atoms with E-state index in [-0.39, 0.29) is 0 Å². The SMILES string of the molecule is O=C(CCCOc1cccc2ccccc12)N1CCCN2CCC[C@@H]2C1. The van der Waals surface area contributed by atoms with Gasteiger partial charge in [0.25, 0.3) is 0 Å². The molecule has 0 spiro atoms. The van der Waals surface area contributed by atoms with Gasteiger partial charge in [0.05, 0.1) is 6.61 Å². The van der Waals surface area contributed by atoms with Gasteiger partial charge in [0.15, 0.2) is 0 Å². The van der Waals surface area contributed by atoms with Crippen molar-refractivity contribution in [2.24, 2.45) is 0 Å². The molecule has 4 heteroatoms. The normalized spacial score (nSPS) is 20.8. The molecule has 0 unspecified atom stereocenters. The van der Waals surface area contributed by atoms with Crippen molar-refractivity contribution in [3.63, 3.8) is 0 Å². The molecule has 2 aliphatic rings. The number of benzene rings is 2. The van der Waals surface area contributed by atoms with Crippen molar-refractivity contribution in [1.82, 2.24) is 9.80 Å². The van der Waals surface area contributed by atoms with Crippen LogP contribution in [-0.4, -0.2) is 54.5 Å². The van der Waals surface area contributed by atoms with Crippen LogP contribution in [-0.2, 0) is 4.79 Å². The van der Waals surface area contributed by atoms with Gasteiger partial charge in [-0.2, -0.15) is 0 Å². The van der Waals surface area contributed by atoms with E-state index in [0.29, 0.717) is 25.0 Å². The highest BCUT2D eigenvalue weighted by Gasteiger charge is 2.30. The van der Waals surface area contributed by atoms with Gasteiger partial charge in [-0.1, -0.05) is 36.4 Å². The average Bonchev–Trinajstić information content (AvgIpc) is 3.01. The Bertz CT molecular complexity index is 755. The second-order valence-electron chi connectivity index (χ2n) is 7.45. The van der Waals surface area contributed by atoms with Gasteiger partial charge in [0.2, 0.25) is 5.91 Å². The molecule has 0 aromatic heterocycles. The van der Waals surface area contributed by atoms with Crippen molar-refractivity contribution in [3.8, 4) is 5.75 Å². The van der Waals surface area contributed by atoms with Crippen LogP contribution < -0.4 is 4.74 Å². The highest BCUT2D eigenvalue weighted by atomic mass is 16.5. The highest BCUT2D eigenvalue weighted by Crippen LogP contribution is 2.25.